The molecule has 2 aromatic rings. The molecule has 0 bridgehead atoms. The van der Waals surface area contributed by atoms with Crippen molar-refractivity contribution in [2.24, 2.45) is 0 Å². The molecule has 2 aromatic carbocycles. The molecule has 0 aliphatic carbocycles. The lowest BCUT2D eigenvalue weighted by molar-refractivity contribution is -0.142. The minimum Gasteiger partial charge on any atom is -0.188 e. The molecule has 1 N–H and O–H groups in total. The van der Waals surface area contributed by atoms with E-state index in [1.807, 2.05) is 0 Å². The van der Waals surface area contributed by atoms with Gasteiger partial charge in [-0.25, -0.2) is 0 Å². The van der Waals surface area contributed by atoms with Crippen molar-refractivity contribution in [2.45, 2.75) is 12.4 Å². The largest absolute Gasteiger partial charge is 0.417 e. The van der Waals surface area contributed by atoms with E-state index in [4.69, 9.17) is 13.2 Å². The topological polar surface area (TPSA) is 58.0 Å². The molecule has 130 valence electrons. The first kappa shape index (κ1) is 19.7. The maximum absolute atomic E-state index is 12.9. The van der Waals surface area contributed by atoms with Gasteiger partial charge in [0.25, 0.3) is 0 Å². The van der Waals surface area contributed by atoms with Crippen LogP contribution in [0.2, 0.25) is 0 Å². The van der Waals surface area contributed by atoms with E-state index in [0.717, 1.165) is 6.07 Å². The fraction of sp³-hybridized carbons (Fsp3) is 0.143. The molecule has 0 saturated heterocycles. The molecule has 3 nitrogen and oxygen atoms in total. The smallest absolute Gasteiger partial charge is 0.188 e. The molecule has 0 radical (unpaired) electrons. The Bertz CT molecular complexity index is 759. The average Bonchev–Trinajstić information content (AvgIpc) is 2.45. The molecule has 0 saturated carbocycles. The predicted octanol–water partition coefficient (Wildman–Crippen LogP) is 5.02. The van der Waals surface area contributed by atoms with E-state index in [0.29, 0.717) is 12.1 Å². The molecule has 0 heterocycles. The van der Waals surface area contributed by atoms with Crippen LogP contribution in [0, 0.1) is 4.78 Å². The van der Waals surface area contributed by atoms with E-state index < -0.39 is 39.5 Å². The summed E-state index contributed by atoms with van der Waals surface area (Å²) >= 11 is 0. The number of nitrogens with one attached hydrogen (secondary N) is 1. The molecule has 0 fully saturated rings. The molecule has 0 unspecified atom stereocenters. The summed E-state index contributed by atoms with van der Waals surface area (Å²) in [6.45, 7) is 0. The minimum absolute atomic E-state index is 0.118. The molecular weight excluding hydrogens is 360 g/mol. The van der Waals surface area contributed by atoms with E-state index >= 15 is 0 Å². The van der Waals surface area contributed by atoms with Crippen LogP contribution < -0.4 is 0 Å². The van der Waals surface area contributed by atoms with E-state index in [-0.39, 0.29) is 5.56 Å². The zero-order valence-corrected chi connectivity index (χ0v) is 12.4. The van der Waals surface area contributed by atoms with Crippen molar-refractivity contribution in [1.82, 2.24) is 0 Å². The van der Waals surface area contributed by atoms with Crippen LogP contribution in [0.4, 0.5) is 26.3 Å². The maximum atomic E-state index is 12.9. The van der Waals surface area contributed by atoms with Crippen LogP contribution in [0.3, 0.4) is 0 Å². The first-order chi connectivity index (χ1) is 10.9. The second kappa shape index (κ2) is 7.47. The maximum Gasteiger partial charge on any atom is 0.417 e. The SMILES string of the molecule is FC(F)(F)c1cccc(C(F)(F)F)c1-c1ccccc1.N=S(=O)=O. The minimum atomic E-state index is -4.85. The second-order valence-electron chi connectivity index (χ2n) is 4.32. The summed E-state index contributed by atoms with van der Waals surface area (Å²) in [6, 6.07) is 8.81. The zero-order valence-electron chi connectivity index (χ0n) is 11.6. The third-order valence-electron chi connectivity index (χ3n) is 2.74. The summed E-state index contributed by atoms with van der Waals surface area (Å²) in [7, 11) is -2.61. The molecule has 0 spiro atoms. The van der Waals surface area contributed by atoms with Crippen LogP contribution in [0.5, 0.6) is 0 Å². The van der Waals surface area contributed by atoms with Gasteiger partial charge in [0.15, 0.2) is 0 Å². The van der Waals surface area contributed by atoms with Gasteiger partial charge in [0.05, 0.1) is 11.1 Å². The van der Waals surface area contributed by atoms with Gasteiger partial charge in [-0.2, -0.15) is 39.5 Å². The molecule has 0 atom stereocenters. The Morgan fingerprint density at radius 3 is 1.42 bits per heavy atom. The molecule has 0 aliphatic heterocycles. The first-order valence-electron chi connectivity index (χ1n) is 6.08. The quantitative estimate of drug-likeness (QED) is 0.718. The van der Waals surface area contributed by atoms with Crippen LogP contribution in [0.15, 0.2) is 48.5 Å². The van der Waals surface area contributed by atoms with Gasteiger partial charge in [0.2, 0.25) is 0 Å². The molecule has 0 aromatic heterocycles. The van der Waals surface area contributed by atoms with Gasteiger partial charge < -0.3 is 0 Å². The van der Waals surface area contributed by atoms with Gasteiger partial charge in [-0.05, 0) is 17.7 Å². The Morgan fingerprint density at radius 1 is 0.708 bits per heavy atom. The summed E-state index contributed by atoms with van der Waals surface area (Å²) in [6.07, 6.45) is -9.71. The molecule has 2 rings (SSSR count). The highest BCUT2D eigenvalue weighted by Gasteiger charge is 2.40. The van der Waals surface area contributed by atoms with Gasteiger partial charge >= 0.3 is 22.9 Å². The third kappa shape index (κ3) is 5.37. The zero-order chi connectivity index (χ0) is 18.5. The van der Waals surface area contributed by atoms with Crippen LogP contribution in [-0.4, -0.2) is 8.42 Å². The lowest BCUT2D eigenvalue weighted by atomic mass is 9.93. The predicted molar refractivity (Wildman–Crippen MR) is 73.5 cm³/mol. The van der Waals surface area contributed by atoms with Gasteiger partial charge in [-0.1, -0.05) is 36.4 Å². The summed E-state index contributed by atoms with van der Waals surface area (Å²) in [5.74, 6) is 0. The van der Waals surface area contributed by atoms with Crippen LogP contribution in [0.1, 0.15) is 11.1 Å². The summed E-state index contributed by atoms with van der Waals surface area (Å²) in [4.78, 5) is 0. The number of benzene rings is 2. The monoisotopic (exact) mass is 369 g/mol. The highest BCUT2D eigenvalue weighted by Crippen LogP contribution is 2.44. The first-order valence-corrected chi connectivity index (χ1v) is 7.15. The fourth-order valence-corrected chi connectivity index (χ4v) is 1.94. The van der Waals surface area contributed by atoms with Crippen molar-refractivity contribution >= 4 is 10.5 Å². The fourth-order valence-electron chi connectivity index (χ4n) is 1.94. The second-order valence-corrected chi connectivity index (χ2v) is 4.79. The number of hydrogen-bond acceptors (Lipinski definition) is 3. The van der Waals surface area contributed by atoms with Crippen LogP contribution >= 0.6 is 0 Å². The number of alkyl halides is 6. The van der Waals surface area contributed by atoms with Crippen molar-refractivity contribution in [1.29, 1.82) is 4.78 Å². The number of halogens is 6. The summed E-state index contributed by atoms with van der Waals surface area (Å²) < 4.78 is 100. The number of hydrogen-bond donors (Lipinski definition) is 1. The van der Waals surface area contributed by atoms with Crippen molar-refractivity contribution < 1.29 is 34.8 Å². The highest BCUT2D eigenvalue weighted by molar-refractivity contribution is 7.60. The van der Waals surface area contributed by atoms with Gasteiger partial charge in [-0.3, -0.25) is 0 Å². The van der Waals surface area contributed by atoms with Gasteiger partial charge in [0.1, 0.15) is 0 Å². The molecule has 0 amide bonds. The van der Waals surface area contributed by atoms with E-state index in [1.165, 1.54) is 30.3 Å². The molecule has 0 aliphatic rings. The third-order valence-corrected chi connectivity index (χ3v) is 2.74. The average molecular weight is 369 g/mol. The summed E-state index contributed by atoms with van der Waals surface area (Å²) in [5, 5.41) is 0. The van der Waals surface area contributed by atoms with E-state index in [2.05, 4.69) is 0 Å². The standard InChI is InChI=1S/C14H8F6.HNO2S/c15-13(16,17)10-7-4-8-11(14(18,19)20)12(10)9-5-2-1-3-6-9;1-4(2)3/h1-8H;1H. The van der Waals surface area contributed by atoms with Crippen LogP contribution in [0.25, 0.3) is 11.1 Å². The van der Waals surface area contributed by atoms with Crippen LogP contribution in [-0.2, 0) is 22.9 Å². The van der Waals surface area contributed by atoms with Gasteiger partial charge in [0, 0.05) is 5.56 Å². The Balaban J connectivity index is 0.000000648. The molecule has 10 heteroatoms. The Labute approximate surface area is 134 Å². The normalized spacial score (nSPS) is 11.4. The van der Waals surface area contributed by atoms with Crippen molar-refractivity contribution in [3.63, 3.8) is 0 Å². The van der Waals surface area contributed by atoms with Crippen molar-refractivity contribution in [3.05, 3.63) is 59.7 Å². The summed E-state index contributed by atoms with van der Waals surface area (Å²) in [5.41, 5.74) is -3.54. The van der Waals surface area contributed by atoms with E-state index in [9.17, 15) is 26.3 Å². The number of rotatable bonds is 1. The lowest BCUT2D eigenvalue weighted by Crippen LogP contribution is -2.14. The highest BCUT2D eigenvalue weighted by atomic mass is 32.2. The van der Waals surface area contributed by atoms with Crippen molar-refractivity contribution in [2.75, 3.05) is 0 Å². The lowest BCUT2D eigenvalue weighted by Gasteiger charge is -2.18. The van der Waals surface area contributed by atoms with E-state index in [1.54, 1.807) is 0 Å². The molecular formula is C14H9F6NO2S. The van der Waals surface area contributed by atoms with Crippen molar-refractivity contribution in [3.8, 4) is 11.1 Å². The van der Waals surface area contributed by atoms with Gasteiger partial charge in [-0.15, -0.1) is 0 Å². The Hall–Kier alpha value is -2.36. The molecule has 24 heavy (non-hydrogen) atoms. The Kier molecular flexibility index (Phi) is 6.13. The Morgan fingerprint density at radius 2 is 1.08 bits per heavy atom.